The Kier molecular flexibility index (Phi) is 5.06. The van der Waals surface area contributed by atoms with Crippen molar-refractivity contribution >= 4 is 29.3 Å². The largest absolute Gasteiger partial charge is 0.478 e. The SMILES string of the molecule is Cc1cccc(C(=O)O)c1NC(=O)/C=C/c1ccc([N+](=O)[O-])cc1. The fourth-order valence-electron chi connectivity index (χ4n) is 2.06. The third kappa shape index (κ3) is 4.04. The van der Waals surface area contributed by atoms with E-state index in [4.69, 9.17) is 5.11 Å². The number of benzene rings is 2. The van der Waals surface area contributed by atoms with Crippen LogP contribution in [0.4, 0.5) is 11.4 Å². The molecule has 7 heteroatoms. The number of para-hydroxylation sites is 1. The lowest BCUT2D eigenvalue weighted by molar-refractivity contribution is -0.384. The maximum atomic E-state index is 12.0. The topological polar surface area (TPSA) is 110 Å². The number of amides is 1. The highest BCUT2D eigenvalue weighted by Crippen LogP contribution is 2.20. The van der Waals surface area contributed by atoms with Crippen LogP contribution in [0.1, 0.15) is 21.5 Å². The molecular weight excluding hydrogens is 312 g/mol. The quantitative estimate of drug-likeness (QED) is 0.498. The molecule has 0 saturated heterocycles. The molecule has 24 heavy (non-hydrogen) atoms. The van der Waals surface area contributed by atoms with Crippen LogP contribution >= 0.6 is 0 Å². The number of anilines is 1. The van der Waals surface area contributed by atoms with E-state index in [9.17, 15) is 19.7 Å². The Labute approximate surface area is 137 Å². The first-order chi connectivity index (χ1) is 11.4. The lowest BCUT2D eigenvalue weighted by Gasteiger charge is -2.09. The van der Waals surface area contributed by atoms with Crippen molar-refractivity contribution in [3.8, 4) is 0 Å². The molecule has 2 aromatic rings. The molecule has 0 aliphatic heterocycles. The minimum Gasteiger partial charge on any atom is -0.478 e. The van der Waals surface area contributed by atoms with E-state index in [1.807, 2.05) is 0 Å². The second-order valence-corrected chi connectivity index (χ2v) is 4.97. The van der Waals surface area contributed by atoms with E-state index in [1.54, 1.807) is 19.1 Å². The number of aromatic carboxylic acids is 1. The van der Waals surface area contributed by atoms with Crippen LogP contribution in [0, 0.1) is 17.0 Å². The van der Waals surface area contributed by atoms with Crippen LogP contribution in [0.2, 0.25) is 0 Å². The van der Waals surface area contributed by atoms with Crippen LogP contribution in [0.15, 0.2) is 48.5 Å². The number of rotatable bonds is 5. The van der Waals surface area contributed by atoms with Gasteiger partial charge in [0.15, 0.2) is 0 Å². The number of carboxylic acid groups (broad SMARTS) is 1. The second-order valence-electron chi connectivity index (χ2n) is 4.97. The third-order valence-electron chi connectivity index (χ3n) is 3.28. The summed E-state index contributed by atoms with van der Waals surface area (Å²) in [6.45, 7) is 1.70. The molecule has 0 aromatic heterocycles. The van der Waals surface area contributed by atoms with Crippen molar-refractivity contribution in [2.45, 2.75) is 6.92 Å². The van der Waals surface area contributed by atoms with Crippen LogP contribution in [0.5, 0.6) is 0 Å². The Morgan fingerprint density at radius 1 is 1.17 bits per heavy atom. The van der Waals surface area contributed by atoms with Gasteiger partial charge in [0.05, 0.1) is 16.2 Å². The van der Waals surface area contributed by atoms with E-state index in [-0.39, 0.29) is 16.9 Å². The van der Waals surface area contributed by atoms with E-state index in [0.717, 1.165) is 0 Å². The van der Waals surface area contributed by atoms with Crippen molar-refractivity contribution in [2.24, 2.45) is 0 Å². The van der Waals surface area contributed by atoms with Gasteiger partial charge in [-0.2, -0.15) is 0 Å². The predicted molar refractivity (Wildman–Crippen MR) is 88.9 cm³/mol. The summed E-state index contributed by atoms with van der Waals surface area (Å²) in [5.41, 5.74) is 1.45. The number of hydrogen-bond acceptors (Lipinski definition) is 4. The van der Waals surface area contributed by atoms with Crippen molar-refractivity contribution in [1.82, 2.24) is 0 Å². The molecule has 0 aliphatic rings. The molecule has 2 aromatic carbocycles. The van der Waals surface area contributed by atoms with E-state index in [2.05, 4.69) is 5.32 Å². The van der Waals surface area contributed by atoms with Crippen LogP contribution in [-0.2, 0) is 4.79 Å². The Hall–Kier alpha value is -3.48. The number of aryl methyl sites for hydroxylation is 1. The summed E-state index contributed by atoms with van der Waals surface area (Å²) in [5, 5.41) is 22.3. The van der Waals surface area contributed by atoms with Gasteiger partial charge in [-0.05, 0) is 42.3 Å². The van der Waals surface area contributed by atoms with Crippen LogP contribution in [-0.4, -0.2) is 21.9 Å². The molecule has 122 valence electrons. The van der Waals surface area contributed by atoms with E-state index < -0.39 is 16.8 Å². The zero-order valence-electron chi connectivity index (χ0n) is 12.7. The highest BCUT2D eigenvalue weighted by molar-refractivity contribution is 6.06. The van der Waals surface area contributed by atoms with Crippen LogP contribution < -0.4 is 5.32 Å². The van der Waals surface area contributed by atoms with Crippen molar-refractivity contribution < 1.29 is 19.6 Å². The fourth-order valence-corrected chi connectivity index (χ4v) is 2.06. The molecule has 0 unspecified atom stereocenters. The lowest BCUT2D eigenvalue weighted by Crippen LogP contribution is -2.13. The lowest BCUT2D eigenvalue weighted by atomic mass is 10.1. The number of non-ortho nitro benzene ring substituents is 1. The van der Waals surface area contributed by atoms with Gasteiger partial charge >= 0.3 is 5.97 Å². The van der Waals surface area contributed by atoms with Gasteiger partial charge in [0.1, 0.15) is 0 Å². The summed E-state index contributed by atoms with van der Waals surface area (Å²) in [4.78, 5) is 33.3. The molecule has 2 rings (SSSR count). The Morgan fingerprint density at radius 2 is 1.83 bits per heavy atom. The van der Waals surface area contributed by atoms with Gasteiger partial charge in [0.2, 0.25) is 5.91 Å². The van der Waals surface area contributed by atoms with E-state index >= 15 is 0 Å². The molecule has 0 atom stereocenters. The Morgan fingerprint density at radius 3 is 2.42 bits per heavy atom. The second kappa shape index (κ2) is 7.19. The number of carbonyl (C=O) groups excluding carboxylic acids is 1. The molecule has 0 heterocycles. The maximum absolute atomic E-state index is 12.0. The molecule has 0 fully saturated rings. The van der Waals surface area contributed by atoms with Crippen molar-refractivity contribution in [2.75, 3.05) is 5.32 Å². The van der Waals surface area contributed by atoms with Crippen LogP contribution in [0.25, 0.3) is 6.08 Å². The van der Waals surface area contributed by atoms with Gasteiger partial charge < -0.3 is 10.4 Å². The first-order valence-corrected chi connectivity index (χ1v) is 6.95. The minimum atomic E-state index is -1.13. The van der Waals surface area contributed by atoms with Gasteiger partial charge in [-0.3, -0.25) is 14.9 Å². The average molecular weight is 326 g/mol. The smallest absolute Gasteiger partial charge is 0.337 e. The summed E-state index contributed by atoms with van der Waals surface area (Å²) in [5.74, 6) is -1.63. The van der Waals surface area contributed by atoms with Gasteiger partial charge in [-0.1, -0.05) is 12.1 Å². The van der Waals surface area contributed by atoms with E-state index in [0.29, 0.717) is 11.1 Å². The molecule has 0 saturated carbocycles. The molecule has 2 N–H and O–H groups in total. The monoisotopic (exact) mass is 326 g/mol. The fraction of sp³-hybridized carbons (Fsp3) is 0.0588. The first kappa shape index (κ1) is 16.9. The number of nitro groups is 1. The van der Waals surface area contributed by atoms with Gasteiger partial charge in [-0.15, -0.1) is 0 Å². The zero-order valence-corrected chi connectivity index (χ0v) is 12.7. The summed E-state index contributed by atoms with van der Waals surface area (Å²) < 4.78 is 0. The summed E-state index contributed by atoms with van der Waals surface area (Å²) in [6, 6.07) is 10.4. The van der Waals surface area contributed by atoms with E-state index in [1.165, 1.54) is 42.5 Å². The predicted octanol–water partition coefficient (Wildman–Crippen LogP) is 3.25. The number of nitrogens with zero attached hydrogens (tertiary/aromatic N) is 1. The molecule has 1 amide bonds. The number of carboxylic acids is 1. The third-order valence-corrected chi connectivity index (χ3v) is 3.28. The number of nitrogens with one attached hydrogen (secondary N) is 1. The highest BCUT2D eigenvalue weighted by atomic mass is 16.6. The molecule has 0 radical (unpaired) electrons. The van der Waals surface area contributed by atoms with Crippen molar-refractivity contribution in [1.29, 1.82) is 0 Å². The summed E-state index contributed by atoms with van der Waals surface area (Å²) in [6.07, 6.45) is 2.72. The maximum Gasteiger partial charge on any atom is 0.337 e. The first-order valence-electron chi connectivity index (χ1n) is 6.95. The zero-order chi connectivity index (χ0) is 17.7. The van der Waals surface area contributed by atoms with Gasteiger partial charge in [0, 0.05) is 18.2 Å². The Bertz CT molecular complexity index is 825. The average Bonchev–Trinajstić information content (AvgIpc) is 2.55. The summed E-state index contributed by atoms with van der Waals surface area (Å²) in [7, 11) is 0. The Balaban J connectivity index is 2.14. The number of carbonyl (C=O) groups is 2. The number of hydrogen-bond donors (Lipinski definition) is 2. The molecule has 0 aliphatic carbocycles. The molecular formula is C17H14N2O5. The van der Waals surface area contributed by atoms with Crippen molar-refractivity contribution in [3.63, 3.8) is 0 Å². The van der Waals surface area contributed by atoms with Crippen LogP contribution in [0.3, 0.4) is 0 Å². The highest BCUT2D eigenvalue weighted by Gasteiger charge is 2.13. The molecule has 0 bridgehead atoms. The molecule has 7 nitrogen and oxygen atoms in total. The van der Waals surface area contributed by atoms with Gasteiger partial charge in [-0.25, -0.2) is 4.79 Å². The standard InChI is InChI=1S/C17H14N2O5/c1-11-3-2-4-14(17(21)22)16(11)18-15(20)10-7-12-5-8-13(9-6-12)19(23)24/h2-10H,1H3,(H,18,20)(H,21,22)/b10-7+. The minimum absolute atomic E-state index is 0.00656. The normalized spacial score (nSPS) is 10.5. The van der Waals surface area contributed by atoms with Gasteiger partial charge in [0.25, 0.3) is 5.69 Å². The number of nitro benzene ring substituents is 1. The van der Waals surface area contributed by atoms with Crippen molar-refractivity contribution in [3.05, 3.63) is 75.3 Å². The summed E-state index contributed by atoms with van der Waals surface area (Å²) >= 11 is 0. The molecule has 0 spiro atoms.